The van der Waals surface area contributed by atoms with Gasteiger partial charge in [0, 0.05) is 20.6 Å². The molecule has 0 unspecified atom stereocenters. The van der Waals surface area contributed by atoms with Crippen molar-refractivity contribution in [1.29, 1.82) is 0 Å². The number of aromatic nitrogens is 4. The maximum absolute atomic E-state index is 13.0. The minimum absolute atomic E-state index is 0.243. The van der Waals surface area contributed by atoms with E-state index >= 15 is 0 Å². The predicted octanol–water partition coefficient (Wildman–Crippen LogP) is 2.47. The number of fused-ring (bicyclic) bond motifs is 1. The third-order valence-electron chi connectivity index (χ3n) is 4.86. The number of nitrogens with zero attached hydrogens (tertiary/aromatic N) is 4. The highest BCUT2D eigenvalue weighted by atomic mass is 16.2. The number of anilines is 1. The van der Waals surface area contributed by atoms with Crippen molar-refractivity contribution in [1.82, 2.24) is 18.7 Å². The van der Waals surface area contributed by atoms with E-state index in [2.05, 4.69) is 17.2 Å². The van der Waals surface area contributed by atoms with Gasteiger partial charge in [-0.3, -0.25) is 13.9 Å². The van der Waals surface area contributed by atoms with Gasteiger partial charge in [0.15, 0.2) is 11.2 Å². The molecule has 1 aromatic carbocycles. The molecule has 0 atom stereocenters. The summed E-state index contributed by atoms with van der Waals surface area (Å²) >= 11 is 0. The number of hydrogen-bond donors (Lipinski definition) is 1. The predicted molar refractivity (Wildman–Crippen MR) is 108 cm³/mol. The Hall–Kier alpha value is -2.83. The second-order valence-electron chi connectivity index (χ2n) is 6.87. The molecule has 0 spiro atoms. The highest BCUT2D eigenvalue weighted by Gasteiger charge is 2.18. The van der Waals surface area contributed by atoms with Crippen molar-refractivity contribution in [3.63, 3.8) is 0 Å². The third-order valence-corrected chi connectivity index (χ3v) is 4.86. The standard InChI is InChI=1S/C20H27N5O2/c1-4-5-6-10-13-21-19-22-17-16(23(19)2)18(26)25(20(27)24(17)3)14-15-11-8-7-9-12-15/h7-9,11-12H,4-6,10,13-14H2,1-3H3,(H,21,22). The van der Waals surface area contributed by atoms with Crippen molar-refractivity contribution in [2.75, 3.05) is 11.9 Å². The Balaban J connectivity index is 1.97. The Morgan fingerprint density at radius 1 is 1.00 bits per heavy atom. The van der Waals surface area contributed by atoms with Crippen LogP contribution in [0.15, 0.2) is 39.9 Å². The summed E-state index contributed by atoms with van der Waals surface area (Å²) in [5, 5.41) is 3.29. The molecule has 0 bridgehead atoms. The molecule has 1 N–H and O–H groups in total. The number of nitrogens with one attached hydrogen (secondary N) is 1. The summed E-state index contributed by atoms with van der Waals surface area (Å²) in [7, 11) is 3.46. The quantitative estimate of drug-likeness (QED) is 0.619. The number of benzene rings is 1. The molecule has 3 aromatic rings. The topological polar surface area (TPSA) is 73.8 Å². The van der Waals surface area contributed by atoms with Crippen molar-refractivity contribution in [2.45, 2.75) is 39.2 Å². The van der Waals surface area contributed by atoms with Crippen LogP contribution in [0.2, 0.25) is 0 Å². The first-order valence-corrected chi connectivity index (χ1v) is 9.48. The van der Waals surface area contributed by atoms with Crippen LogP contribution in [0.5, 0.6) is 0 Å². The van der Waals surface area contributed by atoms with Gasteiger partial charge in [0.1, 0.15) is 0 Å². The van der Waals surface area contributed by atoms with Crippen molar-refractivity contribution in [3.05, 3.63) is 56.7 Å². The average molecular weight is 369 g/mol. The van der Waals surface area contributed by atoms with Crippen molar-refractivity contribution in [3.8, 4) is 0 Å². The zero-order chi connectivity index (χ0) is 19.4. The summed E-state index contributed by atoms with van der Waals surface area (Å²) in [6, 6.07) is 9.51. The fourth-order valence-corrected chi connectivity index (χ4v) is 3.26. The molecule has 3 rings (SSSR count). The summed E-state index contributed by atoms with van der Waals surface area (Å²) in [4.78, 5) is 30.2. The first-order chi connectivity index (χ1) is 13.0. The van der Waals surface area contributed by atoms with E-state index in [9.17, 15) is 9.59 Å². The SMILES string of the molecule is CCCCCCNc1nc2c(c(=O)n(Cc3ccccc3)c(=O)n2C)n1C. The van der Waals surface area contributed by atoms with Crippen LogP contribution in [0.4, 0.5) is 5.95 Å². The zero-order valence-electron chi connectivity index (χ0n) is 16.2. The molecule has 0 aliphatic carbocycles. The van der Waals surface area contributed by atoms with Crippen molar-refractivity contribution >= 4 is 17.1 Å². The molecule has 0 aliphatic rings. The normalized spacial score (nSPS) is 11.2. The van der Waals surface area contributed by atoms with E-state index in [0.717, 1.165) is 24.9 Å². The molecule has 7 heteroatoms. The third kappa shape index (κ3) is 3.82. The van der Waals surface area contributed by atoms with E-state index < -0.39 is 0 Å². The molecule has 144 valence electrons. The Labute approximate surface area is 158 Å². The summed E-state index contributed by atoms with van der Waals surface area (Å²) in [6.45, 7) is 3.22. The second-order valence-corrected chi connectivity index (χ2v) is 6.87. The van der Waals surface area contributed by atoms with Gasteiger partial charge in [-0.1, -0.05) is 56.5 Å². The molecular weight excluding hydrogens is 342 g/mol. The van der Waals surface area contributed by atoms with Gasteiger partial charge >= 0.3 is 5.69 Å². The van der Waals surface area contributed by atoms with Gasteiger partial charge in [-0.25, -0.2) is 4.79 Å². The van der Waals surface area contributed by atoms with Crippen LogP contribution in [0.1, 0.15) is 38.2 Å². The van der Waals surface area contributed by atoms with Crippen LogP contribution < -0.4 is 16.6 Å². The molecule has 0 fully saturated rings. The molecule has 0 saturated carbocycles. The molecule has 0 saturated heterocycles. The molecule has 7 nitrogen and oxygen atoms in total. The van der Waals surface area contributed by atoms with Crippen LogP contribution in [0, 0.1) is 0 Å². The van der Waals surface area contributed by atoms with Gasteiger partial charge < -0.3 is 9.88 Å². The Bertz CT molecular complexity index is 1030. The number of rotatable bonds is 8. The average Bonchev–Trinajstić information content (AvgIpc) is 3.01. The van der Waals surface area contributed by atoms with Crippen LogP contribution >= 0.6 is 0 Å². The molecule has 27 heavy (non-hydrogen) atoms. The van der Waals surface area contributed by atoms with Gasteiger partial charge in [0.05, 0.1) is 6.54 Å². The minimum atomic E-state index is -0.357. The second kappa shape index (κ2) is 8.24. The lowest BCUT2D eigenvalue weighted by Gasteiger charge is -2.09. The van der Waals surface area contributed by atoms with E-state index in [1.807, 2.05) is 37.4 Å². The van der Waals surface area contributed by atoms with Crippen molar-refractivity contribution in [2.24, 2.45) is 14.1 Å². The summed E-state index contributed by atoms with van der Waals surface area (Å²) in [5.41, 5.74) is 1.08. The first-order valence-electron chi connectivity index (χ1n) is 9.48. The zero-order valence-corrected chi connectivity index (χ0v) is 16.2. The number of hydrogen-bond acceptors (Lipinski definition) is 4. The first kappa shape index (κ1) is 18.9. The fraction of sp³-hybridized carbons (Fsp3) is 0.450. The van der Waals surface area contributed by atoms with E-state index in [1.165, 1.54) is 22.0 Å². The van der Waals surface area contributed by atoms with Gasteiger partial charge in [0.25, 0.3) is 5.56 Å². The van der Waals surface area contributed by atoms with E-state index in [4.69, 9.17) is 0 Å². The van der Waals surface area contributed by atoms with Crippen LogP contribution in [0.3, 0.4) is 0 Å². The van der Waals surface area contributed by atoms with Crippen LogP contribution in [-0.2, 0) is 20.6 Å². The lowest BCUT2D eigenvalue weighted by atomic mass is 10.2. The molecule has 2 aromatic heterocycles. The number of imidazole rings is 1. The minimum Gasteiger partial charge on any atom is -0.356 e. The van der Waals surface area contributed by atoms with Gasteiger partial charge in [-0.15, -0.1) is 0 Å². The largest absolute Gasteiger partial charge is 0.356 e. The lowest BCUT2D eigenvalue weighted by Crippen LogP contribution is -2.39. The Morgan fingerprint density at radius 3 is 2.44 bits per heavy atom. The van der Waals surface area contributed by atoms with Gasteiger partial charge in [-0.05, 0) is 12.0 Å². The molecular formula is C20H27N5O2. The number of aryl methyl sites for hydroxylation is 2. The van der Waals surface area contributed by atoms with Gasteiger partial charge in [0.2, 0.25) is 5.95 Å². The smallest absolute Gasteiger partial charge is 0.332 e. The summed E-state index contributed by atoms with van der Waals surface area (Å²) in [5.74, 6) is 0.617. The summed E-state index contributed by atoms with van der Waals surface area (Å²) < 4.78 is 4.46. The Kier molecular flexibility index (Phi) is 5.78. The molecule has 0 aliphatic heterocycles. The van der Waals surface area contributed by atoms with Crippen molar-refractivity contribution < 1.29 is 0 Å². The van der Waals surface area contributed by atoms with Gasteiger partial charge in [-0.2, -0.15) is 4.98 Å². The van der Waals surface area contributed by atoms with Crippen LogP contribution in [0.25, 0.3) is 11.2 Å². The number of unbranched alkanes of at least 4 members (excludes halogenated alkanes) is 3. The monoisotopic (exact) mass is 369 g/mol. The summed E-state index contributed by atoms with van der Waals surface area (Å²) in [6.07, 6.45) is 4.61. The van der Waals surface area contributed by atoms with E-state index in [-0.39, 0.29) is 17.8 Å². The lowest BCUT2D eigenvalue weighted by molar-refractivity contribution is 0.655. The maximum Gasteiger partial charge on any atom is 0.332 e. The maximum atomic E-state index is 13.0. The van der Waals surface area contributed by atoms with E-state index in [0.29, 0.717) is 17.1 Å². The Morgan fingerprint density at radius 2 is 1.74 bits per heavy atom. The molecule has 0 amide bonds. The highest BCUT2D eigenvalue weighted by Crippen LogP contribution is 2.14. The molecule has 0 radical (unpaired) electrons. The fourth-order valence-electron chi connectivity index (χ4n) is 3.26. The highest BCUT2D eigenvalue weighted by molar-refractivity contribution is 5.74. The van der Waals surface area contributed by atoms with Crippen LogP contribution in [-0.4, -0.2) is 25.2 Å². The molecule has 2 heterocycles. The van der Waals surface area contributed by atoms with E-state index in [1.54, 1.807) is 11.6 Å².